The van der Waals surface area contributed by atoms with Crippen LogP contribution in [0.25, 0.3) is 11.4 Å². The third-order valence-electron chi connectivity index (χ3n) is 2.99. The number of aromatic nitrogens is 3. The van der Waals surface area contributed by atoms with Gasteiger partial charge in [-0.25, -0.2) is 9.97 Å². The molecule has 5 heteroatoms. The molecule has 0 amide bonds. The molecule has 0 bridgehead atoms. The molecule has 0 aromatic rings. The maximum atomic E-state index is 5.44. The summed E-state index contributed by atoms with van der Waals surface area (Å²) in [6.45, 7) is 5.34. The molecule has 3 rings (SSSR count). The highest BCUT2D eigenvalue weighted by Gasteiger charge is 2.11. The lowest BCUT2D eigenvalue weighted by Gasteiger charge is -2.10. The molecule has 3 nitrogen and oxygen atoms in total. The second kappa shape index (κ2) is 4.40. The topological polar surface area (TPSA) is 30.7 Å². The summed E-state index contributed by atoms with van der Waals surface area (Å²) in [6, 6.07) is 4.11. The Bertz CT molecular complexity index is 787. The molecule has 0 spiro atoms. The lowest BCUT2D eigenvalue weighted by Crippen LogP contribution is -2.00. The summed E-state index contributed by atoms with van der Waals surface area (Å²) < 4.78 is 4.31. The van der Waals surface area contributed by atoms with E-state index in [1.165, 1.54) is 5.69 Å². The minimum atomic E-state index is 0.862. The molecule has 0 atom stereocenters. The van der Waals surface area contributed by atoms with Crippen molar-refractivity contribution < 1.29 is 0 Å². The first-order valence-corrected chi connectivity index (χ1v) is 7.14. The zero-order valence-corrected chi connectivity index (χ0v) is 11.9. The van der Waals surface area contributed by atoms with Gasteiger partial charge in [0.15, 0.2) is 0 Å². The van der Waals surface area contributed by atoms with Gasteiger partial charge >= 0.3 is 0 Å². The van der Waals surface area contributed by atoms with Gasteiger partial charge in [0.2, 0.25) is 0 Å². The second-order valence-electron chi connectivity index (χ2n) is 4.34. The van der Waals surface area contributed by atoms with Crippen LogP contribution in [0.1, 0.15) is 19.0 Å². The van der Waals surface area contributed by atoms with Crippen molar-refractivity contribution in [1.82, 2.24) is 13.9 Å². The van der Waals surface area contributed by atoms with Crippen LogP contribution in [0.3, 0.4) is 0 Å². The molecule has 2 aliphatic heterocycles. The molecular weight excluding hydrogens is 262 g/mol. The maximum absolute atomic E-state index is 5.44. The zero-order valence-electron chi connectivity index (χ0n) is 10.3. The third-order valence-corrected chi connectivity index (χ3v) is 4.62. The molecule has 92 valence electrons. The number of imidazole rings is 1. The Morgan fingerprint density at radius 3 is 2.94 bits per heavy atom. The van der Waals surface area contributed by atoms with Crippen molar-refractivity contribution in [3.63, 3.8) is 0 Å². The molecule has 0 aromatic carbocycles. The molecular formula is C13H13N3S2. The Morgan fingerprint density at radius 2 is 2.17 bits per heavy atom. The predicted octanol–water partition coefficient (Wildman–Crippen LogP) is 3.62. The highest BCUT2D eigenvalue weighted by atomic mass is 32.1. The largest absolute Gasteiger partial charge is 0.302 e. The van der Waals surface area contributed by atoms with E-state index in [-0.39, 0.29) is 0 Å². The molecule has 0 aromatic heterocycles. The molecule has 0 fully saturated rings. The predicted molar refractivity (Wildman–Crippen MR) is 75.7 cm³/mol. The quantitative estimate of drug-likeness (QED) is 0.669. The SMILES string of the molecule is CCCn1sc2c3ncnc-3cc(=S)c=2cc1C. The fourth-order valence-electron chi connectivity index (χ4n) is 2.12. The summed E-state index contributed by atoms with van der Waals surface area (Å²) >= 11 is 7.18. The van der Waals surface area contributed by atoms with Gasteiger partial charge in [-0.1, -0.05) is 30.7 Å². The van der Waals surface area contributed by atoms with E-state index in [4.69, 9.17) is 12.2 Å². The summed E-state index contributed by atoms with van der Waals surface area (Å²) in [4.78, 5) is 8.61. The van der Waals surface area contributed by atoms with Gasteiger partial charge in [-0.15, -0.1) is 0 Å². The number of aryl methyl sites for hydroxylation is 2. The van der Waals surface area contributed by atoms with Gasteiger partial charge in [-0.3, -0.25) is 0 Å². The molecule has 0 radical (unpaired) electrons. The number of fused-ring (bicyclic) bond motifs is 2. The standard InChI is InChI=1S/C13H13N3S2/c1-3-4-16-8(2)5-9-11(17)6-10-12(13(9)18-16)15-7-14-10/h5-7H,3-4H2,1-2H3. The average molecular weight is 275 g/mol. The first-order valence-electron chi connectivity index (χ1n) is 5.96. The summed E-state index contributed by atoms with van der Waals surface area (Å²) in [5.74, 6) is 0. The van der Waals surface area contributed by atoms with E-state index in [1.54, 1.807) is 17.9 Å². The lowest BCUT2D eigenvalue weighted by molar-refractivity contribution is 0.709. The first-order chi connectivity index (χ1) is 8.70. The van der Waals surface area contributed by atoms with Crippen LogP contribution in [0.2, 0.25) is 0 Å². The summed E-state index contributed by atoms with van der Waals surface area (Å²) in [7, 11) is 0. The molecule has 3 aliphatic rings. The van der Waals surface area contributed by atoms with Gasteiger partial charge in [-0.05, 0) is 25.5 Å². The molecule has 1 aliphatic carbocycles. The zero-order chi connectivity index (χ0) is 12.7. The number of rotatable bonds is 2. The lowest BCUT2D eigenvalue weighted by atomic mass is 10.2. The fraction of sp³-hybridized carbons (Fsp3) is 0.308. The Labute approximate surface area is 114 Å². The van der Waals surface area contributed by atoms with Gasteiger partial charge in [0.1, 0.15) is 12.0 Å². The maximum Gasteiger partial charge on any atom is 0.116 e. The molecule has 0 saturated heterocycles. The van der Waals surface area contributed by atoms with Crippen molar-refractivity contribution in [2.24, 2.45) is 0 Å². The molecule has 0 unspecified atom stereocenters. The molecule has 0 saturated carbocycles. The van der Waals surface area contributed by atoms with Crippen molar-refractivity contribution >= 4 is 23.8 Å². The monoisotopic (exact) mass is 275 g/mol. The summed E-state index contributed by atoms with van der Waals surface area (Å²) in [5.41, 5.74) is 3.11. The minimum Gasteiger partial charge on any atom is -0.302 e. The smallest absolute Gasteiger partial charge is 0.116 e. The van der Waals surface area contributed by atoms with Gasteiger partial charge in [-0.2, -0.15) is 0 Å². The summed E-state index contributed by atoms with van der Waals surface area (Å²) in [5, 5.41) is 1.12. The van der Waals surface area contributed by atoms with E-state index in [0.29, 0.717) is 0 Å². The van der Waals surface area contributed by atoms with Crippen LogP contribution in [0.15, 0.2) is 18.5 Å². The van der Waals surface area contributed by atoms with Crippen molar-refractivity contribution in [1.29, 1.82) is 0 Å². The Kier molecular flexibility index (Phi) is 2.87. The third kappa shape index (κ3) is 1.74. The molecule has 2 heterocycles. The van der Waals surface area contributed by atoms with Crippen LogP contribution in [-0.2, 0) is 6.54 Å². The Hall–Kier alpha value is -1.33. The van der Waals surface area contributed by atoms with Gasteiger partial charge in [0.05, 0.1) is 10.2 Å². The van der Waals surface area contributed by atoms with Crippen LogP contribution in [0.5, 0.6) is 0 Å². The van der Waals surface area contributed by atoms with Crippen molar-refractivity contribution in [2.45, 2.75) is 26.8 Å². The highest BCUT2D eigenvalue weighted by molar-refractivity contribution is 7.71. The summed E-state index contributed by atoms with van der Waals surface area (Å²) in [6.07, 6.45) is 2.73. The van der Waals surface area contributed by atoms with E-state index in [2.05, 4.69) is 33.8 Å². The van der Waals surface area contributed by atoms with Crippen LogP contribution in [-0.4, -0.2) is 13.9 Å². The van der Waals surface area contributed by atoms with Crippen molar-refractivity contribution in [2.75, 3.05) is 0 Å². The fourth-order valence-corrected chi connectivity index (χ4v) is 3.65. The van der Waals surface area contributed by atoms with Gasteiger partial charge in [0.25, 0.3) is 0 Å². The number of hydrogen-bond donors (Lipinski definition) is 0. The van der Waals surface area contributed by atoms with Crippen LogP contribution in [0.4, 0.5) is 0 Å². The van der Waals surface area contributed by atoms with E-state index >= 15 is 0 Å². The molecule has 0 N–H and O–H groups in total. The van der Waals surface area contributed by atoms with Crippen LogP contribution < -0.4 is 0 Å². The number of nitrogens with zero attached hydrogens (tertiary/aromatic N) is 3. The van der Waals surface area contributed by atoms with Crippen molar-refractivity contribution in [3.05, 3.63) is 38.4 Å². The van der Waals surface area contributed by atoms with Crippen molar-refractivity contribution in [3.8, 4) is 11.4 Å². The average Bonchev–Trinajstić information content (AvgIpc) is 2.79. The normalized spacial score (nSPS) is 11.4. The van der Waals surface area contributed by atoms with Crippen LogP contribution in [0, 0.1) is 21.2 Å². The second-order valence-corrected chi connectivity index (χ2v) is 5.81. The Morgan fingerprint density at radius 1 is 1.33 bits per heavy atom. The van der Waals surface area contributed by atoms with E-state index in [1.807, 2.05) is 6.07 Å². The van der Waals surface area contributed by atoms with Crippen LogP contribution >= 0.6 is 23.8 Å². The first kappa shape index (κ1) is 11.7. The van der Waals surface area contributed by atoms with E-state index in [0.717, 1.165) is 38.6 Å². The van der Waals surface area contributed by atoms with Gasteiger partial charge in [0, 0.05) is 22.0 Å². The number of hydrogen-bond acceptors (Lipinski definition) is 4. The van der Waals surface area contributed by atoms with E-state index < -0.39 is 0 Å². The minimum absolute atomic E-state index is 0.862. The van der Waals surface area contributed by atoms with Gasteiger partial charge < -0.3 is 3.96 Å². The van der Waals surface area contributed by atoms with E-state index in [9.17, 15) is 0 Å². The Balaban J connectivity index is 2.48. The molecule has 18 heavy (non-hydrogen) atoms. The highest BCUT2D eigenvalue weighted by Crippen LogP contribution is 2.24.